The van der Waals surface area contributed by atoms with E-state index in [0.29, 0.717) is 12.8 Å². The number of esters is 1. The molecule has 1 aliphatic carbocycles. The number of amides is 2. The number of benzene rings is 1. The second-order valence-corrected chi connectivity index (χ2v) is 10.6. The van der Waals surface area contributed by atoms with Crippen LogP contribution in [0.1, 0.15) is 41.8 Å². The van der Waals surface area contributed by atoms with Crippen LogP contribution < -0.4 is 9.62 Å². The molecule has 11 heteroatoms. The summed E-state index contributed by atoms with van der Waals surface area (Å²) in [6.07, 6.45) is 3.30. The van der Waals surface area contributed by atoms with E-state index in [4.69, 9.17) is 11.6 Å². The molecule has 0 radical (unpaired) electrons. The molecule has 2 aromatic rings. The summed E-state index contributed by atoms with van der Waals surface area (Å²) in [5.41, 5.74) is -0.397. The lowest BCUT2D eigenvalue weighted by atomic mass is 9.84. The van der Waals surface area contributed by atoms with Crippen molar-refractivity contribution in [2.24, 2.45) is 5.41 Å². The third kappa shape index (κ3) is 3.72. The first-order valence-electron chi connectivity index (χ1n) is 9.54. The zero-order valence-electron chi connectivity index (χ0n) is 16.5. The van der Waals surface area contributed by atoms with Gasteiger partial charge in [-0.2, -0.15) is 0 Å². The Morgan fingerprint density at radius 1 is 1.23 bits per heavy atom. The summed E-state index contributed by atoms with van der Waals surface area (Å²) in [5.74, 6) is -1.26. The zero-order valence-corrected chi connectivity index (χ0v) is 18.9. The highest BCUT2D eigenvalue weighted by Crippen LogP contribution is 2.49. The quantitative estimate of drug-likeness (QED) is 0.512. The van der Waals surface area contributed by atoms with Crippen molar-refractivity contribution in [3.8, 4) is 0 Å². The fourth-order valence-electron chi connectivity index (χ4n) is 4.16. The second kappa shape index (κ2) is 7.92. The molecule has 1 aliphatic heterocycles. The number of carbonyl (C=O) groups excluding carboxylic acids is 3. The van der Waals surface area contributed by atoms with Crippen molar-refractivity contribution < 1.29 is 27.5 Å². The number of nitrogens with one attached hydrogen (secondary N) is 1. The van der Waals surface area contributed by atoms with E-state index in [0.717, 1.165) is 29.1 Å². The average Bonchev–Trinajstić information content (AvgIpc) is 3.43. The van der Waals surface area contributed by atoms with Crippen molar-refractivity contribution in [3.05, 3.63) is 39.5 Å². The molecule has 2 fully saturated rings. The van der Waals surface area contributed by atoms with Gasteiger partial charge >= 0.3 is 5.97 Å². The monoisotopic (exact) mass is 482 g/mol. The first-order chi connectivity index (χ1) is 14.7. The molecule has 8 nitrogen and oxygen atoms in total. The van der Waals surface area contributed by atoms with E-state index >= 15 is 0 Å². The van der Waals surface area contributed by atoms with Gasteiger partial charge in [-0.05, 0) is 42.5 Å². The van der Waals surface area contributed by atoms with Crippen LogP contribution in [0.25, 0.3) is 0 Å². The number of nitrogens with zero attached hydrogens (tertiary/aromatic N) is 1. The lowest BCUT2D eigenvalue weighted by Crippen LogP contribution is -2.34. The normalized spacial score (nSPS) is 18.1. The van der Waals surface area contributed by atoms with Gasteiger partial charge in [0.1, 0.15) is 4.88 Å². The maximum atomic E-state index is 13.0. The molecule has 31 heavy (non-hydrogen) atoms. The molecular weight excluding hydrogens is 464 g/mol. The Hall–Kier alpha value is -2.43. The number of carbonyl (C=O) groups is 3. The zero-order chi connectivity index (χ0) is 22.4. The molecule has 2 aliphatic rings. The van der Waals surface area contributed by atoms with Gasteiger partial charge in [-0.1, -0.05) is 24.4 Å². The predicted molar refractivity (Wildman–Crippen MR) is 116 cm³/mol. The number of ether oxygens (including phenoxy) is 1. The fraction of sp³-hybridized carbons (Fsp3) is 0.350. The van der Waals surface area contributed by atoms with Crippen LogP contribution in [0, 0.1) is 5.41 Å². The van der Waals surface area contributed by atoms with E-state index in [1.165, 1.54) is 31.4 Å². The molecule has 0 atom stereocenters. The number of anilines is 2. The summed E-state index contributed by atoms with van der Waals surface area (Å²) in [7, 11) is -2.88. The van der Waals surface area contributed by atoms with Gasteiger partial charge in [0.25, 0.3) is 10.0 Å². The molecule has 1 saturated carbocycles. The van der Waals surface area contributed by atoms with Crippen LogP contribution in [0.5, 0.6) is 0 Å². The SMILES string of the molecule is COC(=O)c1sccc1NS(=O)(=O)c1ccc(N2C(=O)CC3(CCCC3)C2=O)c(Cl)c1. The van der Waals surface area contributed by atoms with Gasteiger partial charge in [0, 0.05) is 6.42 Å². The molecule has 0 bridgehead atoms. The largest absolute Gasteiger partial charge is 0.465 e. The van der Waals surface area contributed by atoms with E-state index in [9.17, 15) is 22.8 Å². The summed E-state index contributed by atoms with van der Waals surface area (Å²) in [6.45, 7) is 0. The van der Waals surface area contributed by atoms with Crippen molar-refractivity contribution in [2.75, 3.05) is 16.7 Å². The van der Waals surface area contributed by atoms with E-state index in [2.05, 4.69) is 9.46 Å². The summed E-state index contributed by atoms with van der Waals surface area (Å²) in [4.78, 5) is 38.4. The highest BCUT2D eigenvalue weighted by molar-refractivity contribution is 7.92. The van der Waals surface area contributed by atoms with Crippen molar-refractivity contribution in [1.29, 1.82) is 0 Å². The molecule has 4 rings (SSSR count). The van der Waals surface area contributed by atoms with E-state index in [-0.39, 0.29) is 44.4 Å². The van der Waals surface area contributed by atoms with Crippen molar-refractivity contribution >= 4 is 62.1 Å². The molecule has 1 saturated heterocycles. The van der Waals surface area contributed by atoms with Gasteiger partial charge in [0.2, 0.25) is 11.8 Å². The van der Waals surface area contributed by atoms with Gasteiger partial charge < -0.3 is 4.74 Å². The van der Waals surface area contributed by atoms with Gasteiger partial charge in [0.05, 0.1) is 33.8 Å². The van der Waals surface area contributed by atoms with Gasteiger partial charge in [-0.3, -0.25) is 14.3 Å². The minimum Gasteiger partial charge on any atom is -0.465 e. The van der Waals surface area contributed by atoms with Crippen LogP contribution in [-0.2, 0) is 24.3 Å². The van der Waals surface area contributed by atoms with Crippen LogP contribution >= 0.6 is 22.9 Å². The van der Waals surface area contributed by atoms with Crippen LogP contribution in [0.4, 0.5) is 11.4 Å². The molecule has 164 valence electrons. The highest BCUT2D eigenvalue weighted by Gasteiger charge is 2.53. The smallest absolute Gasteiger partial charge is 0.350 e. The Labute approximate surface area is 188 Å². The van der Waals surface area contributed by atoms with Gasteiger partial charge in [-0.15, -0.1) is 11.3 Å². The maximum absolute atomic E-state index is 13.0. The first-order valence-corrected chi connectivity index (χ1v) is 12.3. The Morgan fingerprint density at radius 2 is 1.94 bits per heavy atom. The third-order valence-corrected chi connectivity index (χ3v) is 8.27. The Balaban J connectivity index is 1.62. The molecule has 2 heterocycles. The highest BCUT2D eigenvalue weighted by atomic mass is 35.5. The number of imide groups is 1. The standard InChI is InChI=1S/C20H19ClN2O6S2/c1-29-18(25)17-14(6-9-30-17)22-31(27,28)12-4-5-15(13(21)10-12)23-16(24)11-20(19(23)26)7-2-3-8-20/h4-6,9-10,22H,2-3,7-8,11H2,1H3. The molecule has 1 spiro atoms. The third-order valence-electron chi connectivity index (χ3n) is 5.71. The van der Waals surface area contributed by atoms with Gasteiger partial charge in [-0.25, -0.2) is 18.1 Å². The van der Waals surface area contributed by atoms with Crippen LogP contribution in [0.15, 0.2) is 34.5 Å². The summed E-state index contributed by atoms with van der Waals surface area (Å²) in [6, 6.07) is 5.26. The minimum absolute atomic E-state index is 0.0295. The van der Waals surface area contributed by atoms with E-state index in [1.807, 2.05) is 0 Å². The number of thiophene rings is 1. The molecule has 1 aromatic heterocycles. The fourth-order valence-corrected chi connectivity index (χ4v) is 6.42. The number of halogens is 1. The summed E-state index contributed by atoms with van der Waals surface area (Å²) < 4.78 is 32.6. The van der Waals surface area contributed by atoms with E-state index in [1.54, 1.807) is 5.38 Å². The average molecular weight is 483 g/mol. The molecule has 1 aromatic carbocycles. The second-order valence-electron chi connectivity index (χ2n) is 7.57. The molecule has 0 unspecified atom stereocenters. The number of hydrogen-bond acceptors (Lipinski definition) is 7. The minimum atomic E-state index is -4.08. The molecule has 2 amide bonds. The Bertz CT molecular complexity index is 1180. The topological polar surface area (TPSA) is 110 Å². The number of sulfonamides is 1. The number of hydrogen-bond donors (Lipinski definition) is 1. The lowest BCUT2D eigenvalue weighted by Gasteiger charge is -2.21. The molecular formula is C20H19ClN2O6S2. The first kappa shape index (κ1) is 21.8. The lowest BCUT2D eigenvalue weighted by molar-refractivity contribution is -0.125. The maximum Gasteiger partial charge on any atom is 0.350 e. The van der Waals surface area contributed by atoms with Crippen LogP contribution in [-0.4, -0.2) is 33.3 Å². The van der Waals surface area contributed by atoms with E-state index < -0.39 is 21.4 Å². The van der Waals surface area contributed by atoms with Gasteiger partial charge in [0.15, 0.2) is 0 Å². The van der Waals surface area contributed by atoms with Crippen LogP contribution in [0.3, 0.4) is 0 Å². The Morgan fingerprint density at radius 3 is 2.58 bits per heavy atom. The number of methoxy groups -OCH3 is 1. The van der Waals surface area contributed by atoms with Crippen molar-refractivity contribution in [2.45, 2.75) is 37.0 Å². The number of rotatable bonds is 5. The summed E-state index contributed by atoms with van der Waals surface area (Å²) >= 11 is 7.36. The van der Waals surface area contributed by atoms with Crippen LogP contribution in [0.2, 0.25) is 5.02 Å². The molecule has 1 N–H and O–H groups in total. The van der Waals surface area contributed by atoms with Crippen molar-refractivity contribution in [1.82, 2.24) is 0 Å². The predicted octanol–water partition coefficient (Wildman–Crippen LogP) is 3.81. The summed E-state index contributed by atoms with van der Waals surface area (Å²) in [5, 5.41) is 1.53. The van der Waals surface area contributed by atoms with Crippen molar-refractivity contribution in [3.63, 3.8) is 0 Å². The Kier molecular flexibility index (Phi) is 5.57.